The van der Waals surface area contributed by atoms with Crippen LogP contribution in [0.2, 0.25) is 0 Å². The van der Waals surface area contributed by atoms with E-state index in [1.54, 1.807) is 12.2 Å². The Hall–Kier alpha value is -0.760. The van der Waals surface area contributed by atoms with Crippen molar-refractivity contribution in [2.45, 2.75) is 20.8 Å². The standard InChI is InChI=1S/C8H14O2/c1-5-6-7(10-9)8(2,3)4/h5-6,9H,1H2,2-4H3. The lowest BCUT2D eigenvalue weighted by atomic mass is 9.94. The molecule has 0 aliphatic rings. The fourth-order valence-corrected chi connectivity index (χ4v) is 0.524. The minimum Gasteiger partial charge on any atom is -0.344 e. The Bertz CT molecular complexity index is 140. The average Bonchev–Trinajstić information content (AvgIpc) is 1.80. The van der Waals surface area contributed by atoms with E-state index in [-0.39, 0.29) is 5.41 Å². The second-order valence-corrected chi connectivity index (χ2v) is 3.11. The highest BCUT2D eigenvalue weighted by molar-refractivity contribution is 5.09. The van der Waals surface area contributed by atoms with Crippen molar-refractivity contribution in [1.29, 1.82) is 0 Å². The molecule has 0 unspecified atom stereocenters. The molecular formula is C8H14O2. The summed E-state index contributed by atoms with van der Waals surface area (Å²) in [5.41, 5.74) is -0.164. The summed E-state index contributed by atoms with van der Waals surface area (Å²) in [4.78, 5) is 4.14. The van der Waals surface area contributed by atoms with Crippen LogP contribution in [0.25, 0.3) is 0 Å². The summed E-state index contributed by atoms with van der Waals surface area (Å²) < 4.78 is 0. The summed E-state index contributed by atoms with van der Waals surface area (Å²) in [5.74, 6) is 0.516. The Morgan fingerprint density at radius 2 is 2.00 bits per heavy atom. The summed E-state index contributed by atoms with van der Waals surface area (Å²) in [6, 6.07) is 0. The summed E-state index contributed by atoms with van der Waals surface area (Å²) >= 11 is 0. The molecule has 0 heterocycles. The van der Waals surface area contributed by atoms with Crippen molar-refractivity contribution in [3.63, 3.8) is 0 Å². The number of hydrogen-bond donors (Lipinski definition) is 1. The van der Waals surface area contributed by atoms with Gasteiger partial charge in [0.2, 0.25) is 0 Å². The van der Waals surface area contributed by atoms with Crippen LogP contribution in [-0.4, -0.2) is 5.26 Å². The van der Waals surface area contributed by atoms with Gasteiger partial charge in [0.25, 0.3) is 0 Å². The zero-order chi connectivity index (χ0) is 8.20. The molecule has 0 aliphatic carbocycles. The first-order chi connectivity index (χ1) is 4.52. The zero-order valence-electron chi connectivity index (χ0n) is 6.72. The van der Waals surface area contributed by atoms with Gasteiger partial charge in [0.15, 0.2) is 0 Å². The van der Waals surface area contributed by atoms with E-state index in [2.05, 4.69) is 11.5 Å². The van der Waals surface area contributed by atoms with Gasteiger partial charge in [-0.2, -0.15) is 0 Å². The van der Waals surface area contributed by atoms with Gasteiger partial charge in [-0.15, -0.1) is 0 Å². The fraction of sp³-hybridized carbons (Fsp3) is 0.500. The van der Waals surface area contributed by atoms with Crippen molar-refractivity contribution in [3.05, 3.63) is 24.5 Å². The third kappa shape index (κ3) is 2.69. The summed E-state index contributed by atoms with van der Waals surface area (Å²) in [5, 5.41) is 8.38. The van der Waals surface area contributed by atoms with E-state index >= 15 is 0 Å². The molecule has 1 N–H and O–H groups in total. The first-order valence-corrected chi connectivity index (χ1v) is 3.17. The third-order valence-corrected chi connectivity index (χ3v) is 1.11. The number of hydrogen-bond acceptors (Lipinski definition) is 2. The smallest absolute Gasteiger partial charge is 0.147 e. The molecule has 0 spiro atoms. The Morgan fingerprint density at radius 3 is 2.10 bits per heavy atom. The second kappa shape index (κ2) is 3.42. The molecule has 2 nitrogen and oxygen atoms in total. The highest BCUT2D eigenvalue weighted by atomic mass is 17.1. The first kappa shape index (κ1) is 9.24. The molecule has 0 bridgehead atoms. The molecule has 0 atom stereocenters. The molecule has 0 radical (unpaired) electrons. The van der Waals surface area contributed by atoms with Crippen LogP contribution in [-0.2, 0) is 4.89 Å². The number of rotatable bonds is 2. The minimum atomic E-state index is -0.164. The lowest BCUT2D eigenvalue weighted by Gasteiger charge is -2.18. The molecule has 58 valence electrons. The average molecular weight is 142 g/mol. The number of allylic oxidation sites excluding steroid dienone is 3. The fourth-order valence-electron chi connectivity index (χ4n) is 0.524. The molecule has 0 saturated carbocycles. The highest BCUT2D eigenvalue weighted by Gasteiger charge is 2.17. The molecule has 0 saturated heterocycles. The van der Waals surface area contributed by atoms with E-state index in [0.29, 0.717) is 5.76 Å². The maximum absolute atomic E-state index is 8.38. The SMILES string of the molecule is C=CC=C(OO)C(C)(C)C. The van der Waals surface area contributed by atoms with Crippen molar-refractivity contribution in [3.8, 4) is 0 Å². The van der Waals surface area contributed by atoms with Crippen molar-refractivity contribution in [1.82, 2.24) is 0 Å². The van der Waals surface area contributed by atoms with Gasteiger partial charge in [-0.1, -0.05) is 33.4 Å². The summed E-state index contributed by atoms with van der Waals surface area (Å²) in [6.45, 7) is 9.32. The molecule has 0 aromatic rings. The lowest BCUT2D eigenvalue weighted by Crippen LogP contribution is -2.10. The molecule has 2 heteroatoms. The Morgan fingerprint density at radius 1 is 1.50 bits per heavy atom. The van der Waals surface area contributed by atoms with Crippen LogP contribution < -0.4 is 0 Å². The van der Waals surface area contributed by atoms with E-state index in [4.69, 9.17) is 5.26 Å². The van der Waals surface area contributed by atoms with Gasteiger partial charge in [-0.25, -0.2) is 5.26 Å². The molecule has 0 aliphatic heterocycles. The molecule has 0 amide bonds. The van der Waals surface area contributed by atoms with Gasteiger partial charge in [-0.3, -0.25) is 0 Å². The topological polar surface area (TPSA) is 29.5 Å². The summed E-state index contributed by atoms with van der Waals surface area (Å²) in [6.07, 6.45) is 3.22. The molecule has 0 fully saturated rings. The van der Waals surface area contributed by atoms with Gasteiger partial charge in [0.1, 0.15) is 5.76 Å². The van der Waals surface area contributed by atoms with Crippen LogP contribution in [0.5, 0.6) is 0 Å². The van der Waals surface area contributed by atoms with E-state index in [1.807, 2.05) is 20.8 Å². The van der Waals surface area contributed by atoms with Crippen LogP contribution >= 0.6 is 0 Å². The monoisotopic (exact) mass is 142 g/mol. The predicted molar refractivity (Wildman–Crippen MR) is 41.4 cm³/mol. The van der Waals surface area contributed by atoms with E-state index in [0.717, 1.165) is 0 Å². The second-order valence-electron chi connectivity index (χ2n) is 3.11. The van der Waals surface area contributed by atoms with Gasteiger partial charge >= 0.3 is 0 Å². The Kier molecular flexibility index (Phi) is 3.16. The van der Waals surface area contributed by atoms with Gasteiger partial charge in [-0.05, 0) is 6.08 Å². The Labute approximate surface area is 61.8 Å². The van der Waals surface area contributed by atoms with Crippen LogP contribution in [0.3, 0.4) is 0 Å². The summed E-state index contributed by atoms with van der Waals surface area (Å²) in [7, 11) is 0. The quantitative estimate of drug-likeness (QED) is 0.278. The lowest BCUT2D eigenvalue weighted by molar-refractivity contribution is -0.216. The molecule has 10 heavy (non-hydrogen) atoms. The first-order valence-electron chi connectivity index (χ1n) is 3.17. The van der Waals surface area contributed by atoms with Crippen molar-refractivity contribution < 1.29 is 10.1 Å². The van der Waals surface area contributed by atoms with Crippen LogP contribution in [0.15, 0.2) is 24.5 Å². The van der Waals surface area contributed by atoms with Crippen LogP contribution in [0.4, 0.5) is 0 Å². The van der Waals surface area contributed by atoms with Gasteiger partial charge in [0.05, 0.1) is 0 Å². The normalized spacial score (nSPS) is 13.0. The van der Waals surface area contributed by atoms with Crippen LogP contribution in [0, 0.1) is 5.41 Å². The molecular weight excluding hydrogens is 128 g/mol. The van der Waals surface area contributed by atoms with Gasteiger partial charge < -0.3 is 4.89 Å². The van der Waals surface area contributed by atoms with Crippen molar-refractivity contribution in [2.24, 2.45) is 5.41 Å². The molecule has 0 aromatic heterocycles. The van der Waals surface area contributed by atoms with Crippen molar-refractivity contribution >= 4 is 0 Å². The molecule has 0 rings (SSSR count). The third-order valence-electron chi connectivity index (χ3n) is 1.11. The van der Waals surface area contributed by atoms with Crippen molar-refractivity contribution in [2.75, 3.05) is 0 Å². The maximum Gasteiger partial charge on any atom is 0.147 e. The van der Waals surface area contributed by atoms with E-state index < -0.39 is 0 Å². The predicted octanol–water partition coefficient (Wildman–Crippen LogP) is 2.59. The van der Waals surface area contributed by atoms with E-state index in [1.165, 1.54) is 0 Å². The maximum atomic E-state index is 8.38. The largest absolute Gasteiger partial charge is 0.344 e. The minimum absolute atomic E-state index is 0.164. The van der Waals surface area contributed by atoms with Gasteiger partial charge in [0, 0.05) is 5.41 Å². The highest BCUT2D eigenvalue weighted by Crippen LogP contribution is 2.24. The van der Waals surface area contributed by atoms with E-state index in [9.17, 15) is 0 Å². The molecule has 0 aromatic carbocycles. The Balaban J connectivity index is 4.35. The van der Waals surface area contributed by atoms with Crippen LogP contribution in [0.1, 0.15) is 20.8 Å². The zero-order valence-corrected chi connectivity index (χ0v) is 6.72.